The minimum Gasteiger partial charge on any atom is -0.493 e. The Morgan fingerprint density at radius 2 is 1.74 bits per heavy atom. The van der Waals surface area contributed by atoms with Gasteiger partial charge in [-0.05, 0) is 42.8 Å². The summed E-state index contributed by atoms with van der Waals surface area (Å²) in [5.74, 6) is 0.944. The van der Waals surface area contributed by atoms with Gasteiger partial charge in [-0.2, -0.15) is 0 Å². The first-order valence-electron chi connectivity index (χ1n) is 6.94. The van der Waals surface area contributed by atoms with Crippen LogP contribution in [0.15, 0.2) is 36.4 Å². The van der Waals surface area contributed by atoms with Crippen molar-refractivity contribution < 1.29 is 14.3 Å². The van der Waals surface area contributed by atoms with E-state index in [-0.39, 0.29) is 11.9 Å². The Hall–Kier alpha value is -1.91. The van der Waals surface area contributed by atoms with Gasteiger partial charge in [0.25, 0.3) is 5.91 Å². The van der Waals surface area contributed by atoms with Crippen molar-refractivity contribution in [1.82, 2.24) is 5.32 Å². The number of hydrogen-bond donors (Lipinski definition) is 1. The predicted octanol–water partition coefficient (Wildman–Crippen LogP) is 4.50. The molecule has 1 amide bonds. The summed E-state index contributed by atoms with van der Waals surface area (Å²) in [6.07, 6.45) is 0. The lowest BCUT2D eigenvalue weighted by Crippen LogP contribution is -2.26. The molecule has 0 bridgehead atoms. The van der Waals surface area contributed by atoms with E-state index in [1.165, 1.54) is 0 Å². The Bertz CT molecular complexity index is 719. The van der Waals surface area contributed by atoms with Gasteiger partial charge in [0.2, 0.25) is 0 Å². The summed E-state index contributed by atoms with van der Waals surface area (Å²) < 4.78 is 10.5. The molecule has 2 rings (SSSR count). The fourth-order valence-electron chi connectivity index (χ4n) is 2.15. The van der Waals surface area contributed by atoms with E-state index in [1.807, 2.05) is 19.1 Å². The molecule has 0 aromatic heterocycles. The lowest BCUT2D eigenvalue weighted by molar-refractivity contribution is 0.0940. The SMILES string of the molecule is COc1ccc(C(C)NC(=O)c2cc(Cl)ccc2Cl)cc1OC. The fourth-order valence-corrected chi connectivity index (χ4v) is 2.53. The molecular weight excluding hydrogens is 337 g/mol. The van der Waals surface area contributed by atoms with Gasteiger partial charge in [-0.1, -0.05) is 29.3 Å². The Labute approximate surface area is 145 Å². The summed E-state index contributed by atoms with van der Waals surface area (Å²) in [6.45, 7) is 1.87. The molecule has 0 spiro atoms. The second-order valence-corrected chi connectivity index (χ2v) is 5.78. The molecule has 2 aromatic carbocycles. The zero-order chi connectivity index (χ0) is 17.0. The van der Waals surface area contributed by atoms with Crippen molar-refractivity contribution in [2.75, 3.05) is 14.2 Å². The Morgan fingerprint density at radius 3 is 2.39 bits per heavy atom. The van der Waals surface area contributed by atoms with Gasteiger partial charge in [0.1, 0.15) is 0 Å². The summed E-state index contributed by atoms with van der Waals surface area (Å²) >= 11 is 12.0. The molecule has 0 heterocycles. The molecule has 0 aliphatic heterocycles. The number of hydrogen-bond acceptors (Lipinski definition) is 3. The highest BCUT2D eigenvalue weighted by Gasteiger charge is 2.16. The maximum absolute atomic E-state index is 12.4. The van der Waals surface area contributed by atoms with Crippen molar-refractivity contribution in [1.29, 1.82) is 0 Å². The van der Waals surface area contributed by atoms with Crippen molar-refractivity contribution in [2.45, 2.75) is 13.0 Å². The zero-order valence-corrected chi connectivity index (χ0v) is 14.5. The van der Waals surface area contributed by atoms with Crippen LogP contribution in [-0.4, -0.2) is 20.1 Å². The quantitative estimate of drug-likeness (QED) is 0.860. The Morgan fingerprint density at radius 1 is 1.04 bits per heavy atom. The van der Waals surface area contributed by atoms with E-state index in [0.717, 1.165) is 5.56 Å². The normalized spacial score (nSPS) is 11.7. The molecule has 0 saturated carbocycles. The number of halogens is 2. The molecule has 4 nitrogen and oxygen atoms in total. The number of benzene rings is 2. The lowest BCUT2D eigenvalue weighted by Gasteiger charge is -2.17. The highest BCUT2D eigenvalue weighted by molar-refractivity contribution is 6.35. The fraction of sp³-hybridized carbons (Fsp3) is 0.235. The van der Waals surface area contributed by atoms with Gasteiger partial charge < -0.3 is 14.8 Å². The maximum atomic E-state index is 12.4. The molecule has 0 radical (unpaired) electrons. The summed E-state index contributed by atoms with van der Waals surface area (Å²) in [6, 6.07) is 10.0. The number of carbonyl (C=O) groups excluding carboxylic acids is 1. The lowest BCUT2D eigenvalue weighted by atomic mass is 10.1. The minimum absolute atomic E-state index is 0.239. The van der Waals surface area contributed by atoms with Crippen molar-refractivity contribution >= 4 is 29.1 Å². The van der Waals surface area contributed by atoms with Crippen molar-refractivity contribution in [3.05, 3.63) is 57.6 Å². The average Bonchev–Trinajstić information content (AvgIpc) is 2.56. The minimum atomic E-state index is -0.292. The molecule has 1 unspecified atom stereocenters. The average molecular weight is 354 g/mol. The molecule has 23 heavy (non-hydrogen) atoms. The third-order valence-electron chi connectivity index (χ3n) is 3.43. The van der Waals surface area contributed by atoms with E-state index in [1.54, 1.807) is 38.5 Å². The van der Waals surface area contributed by atoms with Crippen LogP contribution in [0.1, 0.15) is 28.9 Å². The molecule has 0 fully saturated rings. The number of amides is 1. The van der Waals surface area contributed by atoms with Crippen LogP contribution >= 0.6 is 23.2 Å². The largest absolute Gasteiger partial charge is 0.493 e. The van der Waals surface area contributed by atoms with Crippen LogP contribution < -0.4 is 14.8 Å². The van der Waals surface area contributed by atoms with Crippen molar-refractivity contribution in [2.24, 2.45) is 0 Å². The molecule has 0 aliphatic rings. The van der Waals surface area contributed by atoms with E-state index < -0.39 is 0 Å². The maximum Gasteiger partial charge on any atom is 0.253 e. The molecule has 2 aromatic rings. The highest BCUT2D eigenvalue weighted by Crippen LogP contribution is 2.30. The molecule has 1 N–H and O–H groups in total. The van der Waals surface area contributed by atoms with Crippen LogP contribution in [0.25, 0.3) is 0 Å². The van der Waals surface area contributed by atoms with Crippen LogP contribution in [0.2, 0.25) is 10.0 Å². The van der Waals surface area contributed by atoms with E-state index in [0.29, 0.717) is 27.1 Å². The van der Waals surface area contributed by atoms with Crippen molar-refractivity contribution in [3.63, 3.8) is 0 Å². The number of nitrogens with one attached hydrogen (secondary N) is 1. The van der Waals surface area contributed by atoms with Gasteiger partial charge in [-0.25, -0.2) is 0 Å². The standard InChI is InChI=1S/C17H17Cl2NO3/c1-10(11-4-7-15(22-2)16(8-11)23-3)20-17(21)13-9-12(18)5-6-14(13)19/h4-10H,1-3H3,(H,20,21). The molecule has 122 valence electrons. The second-order valence-electron chi connectivity index (χ2n) is 4.93. The molecule has 0 saturated heterocycles. The number of rotatable bonds is 5. The van der Waals surface area contributed by atoms with Crippen LogP contribution in [0.3, 0.4) is 0 Å². The van der Waals surface area contributed by atoms with Crippen LogP contribution in [0.4, 0.5) is 0 Å². The van der Waals surface area contributed by atoms with Gasteiger partial charge >= 0.3 is 0 Å². The molecule has 0 aliphatic carbocycles. The van der Waals surface area contributed by atoms with E-state index >= 15 is 0 Å². The van der Waals surface area contributed by atoms with Crippen molar-refractivity contribution in [3.8, 4) is 11.5 Å². The second kappa shape index (κ2) is 7.57. The number of methoxy groups -OCH3 is 2. The first kappa shape index (κ1) is 17.4. The van der Waals surface area contributed by atoms with Gasteiger partial charge in [-0.3, -0.25) is 4.79 Å². The molecule has 6 heteroatoms. The molecular formula is C17H17Cl2NO3. The third-order valence-corrected chi connectivity index (χ3v) is 3.99. The highest BCUT2D eigenvalue weighted by atomic mass is 35.5. The van der Waals surface area contributed by atoms with Crippen LogP contribution in [0, 0.1) is 0 Å². The first-order chi connectivity index (χ1) is 11.0. The smallest absolute Gasteiger partial charge is 0.253 e. The summed E-state index contributed by atoms with van der Waals surface area (Å²) in [5.41, 5.74) is 1.22. The van der Waals surface area contributed by atoms with Gasteiger partial charge in [0.15, 0.2) is 11.5 Å². The Kier molecular flexibility index (Phi) is 5.74. The summed E-state index contributed by atoms with van der Waals surface area (Å²) in [5, 5.41) is 3.70. The molecule has 1 atom stereocenters. The topological polar surface area (TPSA) is 47.6 Å². The summed E-state index contributed by atoms with van der Waals surface area (Å²) in [4.78, 5) is 12.4. The third kappa shape index (κ3) is 4.09. The summed E-state index contributed by atoms with van der Waals surface area (Å²) in [7, 11) is 3.14. The number of carbonyl (C=O) groups is 1. The van der Waals surface area contributed by atoms with Crippen LogP contribution in [-0.2, 0) is 0 Å². The monoisotopic (exact) mass is 353 g/mol. The van der Waals surface area contributed by atoms with Gasteiger partial charge in [0, 0.05) is 5.02 Å². The zero-order valence-electron chi connectivity index (χ0n) is 13.0. The van der Waals surface area contributed by atoms with E-state index in [9.17, 15) is 4.79 Å². The number of ether oxygens (including phenoxy) is 2. The Balaban J connectivity index is 2.19. The van der Waals surface area contributed by atoms with Crippen LogP contribution in [0.5, 0.6) is 11.5 Å². The van der Waals surface area contributed by atoms with E-state index in [2.05, 4.69) is 5.32 Å². The first-order valence-corrected chi connectivity index (χ1v) is 7.69. The van der Waals surface area contributed by atoms with E-state index in [4.69, 9.17) is 32.7 Å². The van der Waals surface area contributed by atoms with Gasteiger partial charge in [0.05, 0.1) is 30.8 Å². The predicted molar refractivity (Wildman–Crippen MR) is 91.9 cm³/mol. The van der Waals surface area contributed by atoms with Gasteiger partial charge in [-0.15, -0.1) is 0 Å².